The number of β-lactam (4-membered cyclic amide) rings is 1. The molecule has 2 aliphatic heterocycles. The Morgan fingerprint density at radius 1 is 0.974 bits per heavy atom. The molecular formula is C31H29N3O4S. The molecule has 198 valence electrons. The molecule has 1 saturated heterocycles. The van der Waals surface area contributed by atoms with Crippen molar-refractivity contribution in [3.63, 3.8) is 0 Å². The molecule has 2 atom stereocenters. The highest BCUT2D eigenvalue weighted by molar-refractivity contribution is 8.00. The highest BCUT2D eigenvalue weighted by Gasteiger charge is 2.54. The monoisotopic (exact) mass is 539 g/mol. The number of fused-ring (bicyclic) bond motifs is 1. The molecule has 3 aromatic carbocycles. The van der Waals surface area contributed by atoms with Crippen molar-refractivity contribution in [1.29, 1.82) is 0 Å². The van der Waals surface area contributed by atoms with Crippen LogP contribution in [0.2, 0.25) is 0 Å². The summed E-state index contributed by atoms with van der Waals surface area (Å²) in [6.07, 6.45) is -0.650. The molecular weight excluding hydrogens is 510 g/mol. The molecule has 3 aromatic rings. The van der Waals surface area contributed by atoms with Crippen LogP contribution in [-0.4, -0.2) is 46.4 Å². The van der Waals surface area contributed by atoms with Crippen molar-refractivity contribution in [2.75, 3.05) is 17.6 Å². The second-order valence-corrected chi connectivity index (χ2v) is 10.5. The van der Waals surface area contributed by atoms with E-state index in [1.807, 2.05) is 97.9 Å². The number of rotatable bonds is 9. The molecule has 8 heteroatoms. The summed E-state index contributed by atoms with van der Waals surface area (Å²) in [4.78, 5) is 41.2. The molecule has 1 fully saturated rings. The summed E-state index contributed by atoms with van der Waals surface area (Å²) < 4.78 is 6.11. The molecule has 0 spiro atoms. The number of benzene rings is 3. The zero-order chi connectivity index (χ0) is 27.4. The first-order valence-corrected chi connectivity index (χ1v) is 13.7. The number of amides is 2. The van der Waals surface area contributed by atoms with Gasteiger partial charge in [0.1, 0.15) is 17.1 Å². The zero-order valence-electron chi connectivity index (χ0n) is 21.5. The van der Waals surface area contributed by atoms with E-state index >= 15 is 0 Å². The minimum atomic E-state index is -0.728. The molecule has 0 radical (unpaired) electrons. The van der Waals surface area contributed by atoms with Crippen molar-refractivity contribution >= 4 is 35.2 Å². The maximum atomic E-state index is 13.8. The summed E-state index contributed by atoms with van der Waals surface area (Å²) >= 11 is 1.49. The van der Waals surface area contributed by atoms with Gasteiger partial charge in [0.25, 0.3) is 5.91 Å². The van der Waals surface area contributed by atoms with Crippen molar-refractivity contribution in [3.8, 4) is 0 Å². The first kappa shape index (κ1) is 26.3. The van der Waals surface area contributed by atoms with Gasteiger partial charge in [0.2, 0.25) is 5.91 Å². The van der Waals surface area contributed by atoms with Gasteiger partial charge in [-0.15, -0.1) is 11.8 Å². The van der Waals surface area contributed by atoms with Crippen LogP contribution in [0.15, 0.2) is 114 Å². The minimum absolute atomic E-state index is 0.0305. The minimum Gasteiger partial charge on any atom is -0.448 e. The predicted octanol–water partition coefficient (Wildman–Crippen LogP) is 4.66. The molecule has 0 saturated carbocycles. The van der Waals surface area contributed by atoms with Crippen molar-refractivity contribution in [2.45, 2.75) is 24.4 Å². The lowest BCUT2D eigenvalue weighted by atomic mass is 9.99. The van der Waals surface area contributed by atoms with Gasteiger partial charge < -0.3 is 15.4 Å². The SMILES string of the molecule is C=C(C)C1=C(C(=O)OC(c2ccccc2)c2ccccc2)N2C(=O)C(NC(=O)CNc3ccccc3)[C@H]2SC1. The molecule has 39 heavy (non-hydrogen) atoms. The van der Waals surface area contributed by atoms with Gasteiger partial charge in [-0.25, -0.2) is 4.79 Å². The van der Waals surface area contributed by atoms with Crippen molar-refractivity contribution < 1.29 is 19.1 Å². The number of thioether (sulfide) groups is 1. The fourth-order valence-corrected chi connectivity index (χ4v) is 6.10. The predicted molar refractivity (Wildman–Crippen MR) is 153 cm³/mol. The van der Waals surface area contributed by atoms with E-state index in [0.29, 0.717) is 16.9 Å². The third-order valence-electron chi connectivity index (χ3n) is 6.65. The number of nitrogens with one attached hydrogen (secondary N) is 2. The third kappa shape index (κ3) is 5.61. The average Bonchev–Trinajstić information content (AvgIpc) is 2.98. The number of ether oxygens (including phenoxy) is 1. The smallest absolute Gasteiger partial charge is 0.356 e. The van der Waals surface area contributed by atoms with Crippen LogP contribution in [0.3, 0.4) is 0 Å². The van der Waals surface area contributed by atoms with Crippen LogP contribution in [0.25, 0.3) is 0 Å². The van der Waals surface area contributed by atoms with E-state index in [1.54, 1.807) is 0 Å². The van der Waals surface area contributed by atoms with E-state index in [0.717, 1.165) is 16.8 Å². The van der Waals surface area contributed by atoms with Crippen LogP contribution in [0.4, 0.5) is 5.69 Å². The summed E-state index contributed by atoms with van der Waals surface area (Å²) in [6, 6.07) is 27.6. The summed E-state index contributed by atoms with van der Waals surface area (Å²) in [5.74, 6) is -0.768. The van der Waals surface area contributed by atoms with Gasteiger partial charge in [-0.05, 0) is 35.8 Å². The average molecular weight is 540 g/mol. The molecule has 0 aromatic heterocycles. The number of nitrogens with zero attached hydrogens (tertiary/aromatic N) is 1. The molecule has 2 aliphatic rings. The van der Waals surface area contributed by atoms with Crippen LogP contribution in [-0.2, 0) is 19.1 Å². The van der Waals surface area contributed by atoms with Crippen molar-refractivity contribution in [3.05, 3.63) is 126 Å². The van der Waals surface area contributed by atoms with E-state index in [-0.39, 0.29) is 24.1 Å². The molecule has 0 aliphatic carbocycles. The maximum absolute atomic E-state index is 13.8. The lowest BCUT2D eigenvalue weighted by Crippen LogP contribution is -2.71. The topological polar surface area (TPSA) is 87.7 Å². The number of anilines is 1. The molecule has 2 N–H and O–H groups in total. The lowest BCUT2D eigenvalue weighted by molar-refractivity contribution is -0.154. The molecule has 7 nitrogen and oxygen atoms in total. The Hall–Kier alpha value is -4.30. The number of para-hydroxylation sites is 1. The molecule has 5 rings (SSSR count). The van der Waals surface area contributed by atoms with Gasteiger partial charge in [0.05, 0.1) is 6.54 Å². The van der Waals surface area contributed by atoms with Crippen molar-refractivity contribution in [2.24, 2.45) is 0 Å². The van der Waals surface area contributed by atoms with Crippen LogP contribution in [0.1, 0.15) is 24.2 Å². The van der Waals surface area contributed by atoms with Crippen LogP contribution in [0, 0.1) is 0 Å². The van der Waals surface area contributed by atoms with Gasteiger partial charge >= 0.3 is 5.97 Å². The normalized spacial score (nSPS) is 18.2. The Balaban J connectivity index is 1.34. The summed E-state index contributed by atoms with van der Waals surface area (Å²) in [5.41, 5.74) is 4.01. The second-order valence-electron chi connectivity index (χ2n) is 9.39. The number of hydrogen-bond acceptors (Lipinski definition) is 6. The Morgan fingerprint density at radius 2 is 1.54 bits per heavy atom. The second kappa shape index (κ2) is 11.6. The Morgan fingerprint density at radius 3 is 2.10 bits per heavy atom. The van der Waals surface area contributed by atoms with E-state index in [4.69, 9.17) is 4.74 Å². The largest absolute Gasteiger partial charge is 0.448 e. The fourth-order valence-electron chi connectivity index (χ4n) is 4.64. The molecule has 2 heterocycles. The highest BCUT2D eigenvalue weighted by atomic mass is 32.2. The summed E-state index contributed by atoms with van der Waals surface area (Å²) in [5, 5.41) is 5.46. The van der Waals surface area contributed by atoms with Gasteiger partial charge in [-0.3, -0.25) is 14.5 Å². The van der Waals surface area contributed by atoms with Gasteiger partial charge in [-0.2, -0.15) is 0 Å². The molecule has 1 unspecified atom stereocenters. The van der Waals surface area contributed by atoms with Gasteiger partial charge in [0.15, 0.2) is 6.10 Å². The Labute approximate surface area is 231 Å². The lowest BCUT2D eigenvalue weighted by Gasteiger charge is -2.50. The number of esters is 1. The zero-order valence-corrected chi connectivity index (χ0v) is 22.3. The molecule has 0 bridgehead atoms. The first-order valence-electron chi connectivity index (χ1n) is 12.7. The quantitative estimate of drug-likeness (QED) is 0.304. The molecule has 2 amide bonds. The standard InChI is InChI=1S/C31H29N3O4S/c1-20(2)24-19-39-30-26(33-25(35)18-32-23-16-10-5-11-17-23)29(36)34(30)27(24)31(37)38-28(21-12-6-3-7-13-21)22-14-8-4-9-15-22/h3-17,26,28,30,32H,1,18-19H2,2H3,(H,33,35)/t26?,30-/m1/s1. The summed E-state index contributed by atoms with van der Waals surface area (Å²) in [7, 11) is 0. The summed E-state index contributed by atoms with van der Waals surface area (Å²) in [6.45, 7) is 5.89. The number of hydrogen-bond donors (Lipinski definition) is 2. The van der Waals surface area contributed by atoms with E-state index in [1.165, 1.54) is 16.7 Å². The van der Waals surface area contributed by atoms with Crippen LogP contribution in [0.5, 0.6) is 0 Å². The van der Waals surface area contributed by atoms with E-state index in [9.17, 15) is 14.4 Å². The Bertz CT molecular complexity index is 1370. The van der Waals surface area contributed by atoms with Crippen LogP contribution < -0.4 is 10.6 Å². The van der Waals surface area contributed by atoms with Gasteiger partial charge in [-0.1, -0.05) is 91.0 Å². The third-order valence-corrected chi connectivity index (χ3v) is 7.93. The number of carbonyl (C=O) groups is 3. The Kier molecular flexibility index (Phi) is 7.84. The maximum Gasteiger partial charge on any atom is 0.356 e. The van der Waals surface area contributed by atoms with Crippen molar-refractivity contribution in [1.82, 2.24) is 10.2 Å². The fraction of sp³-hybridized carbons (Fsp3) is 0.194. The van der Waals surface area contributed by atoms with Crippen LogP contribution >= 0.6 is 11.8 Å². The van der Waals surface area contributed by atoms with E-state index in [2.05, 4.69) is 17.2 Å². The van der Waals surface area contributed by atoms with Gasteiger partial charge in [0, 0.05) is 11.4 Å². The number of allylic oxidation sites excluding steroid dienone is 1. The highest BCUT2D eigenvalue weighted by Crippen LogP contribution is 2.43. The number of carbonyl (C=O) groups excluding carboxylic acids is 3. The first-order chi connectivity index (χ1) is 18.9. The van der Waals surface area contributed by atoms with E-state index < -0.39 is 23.5 Å².